The fraction of sp³-hybridized carbons (Fsp3) is 0.571. The van der Waals surface area contributed by atoms with Gasteiger partial charge in [-0.3, -0.25) is 0 Å². The molecule has 1 rings (SSSR count). The summed E-state index contributed by atoms with van der Waals surface area (Å²) in [6.45, 7) is 8.42. The van der Waals surface area contributed by atoms with Crippen LogP contribution < -0.4 is 0 Å². The molecule has 0 spiro atoms. The molecule has 0 aliphatic carbocycles. The summed E-state index contributed by atoms with van der Waals surface area (Å²) >= 11 is 10.6. The van der Waals surface area contributed by atoms with E-state index in [2.05, 4.69) is 81.6 Å². The van der Waals surface area contributed by atoms with Crippen LogP contribution in [-0.4, -0.2) is 7.25 Å². The summed E-state index contributed by atoms with van der Waals surface area (Å²) in [5.41, 5.74) is 3.22. The molecule has 0 saturated carbocycles. The number of phenolic OH excluding ortho intramolecular Hbond substituents is 1. The predicted octanol–water partition coefficient (Wildman–Crippen LogP) is 6.02. The number of hydrogen-bond donors (Lipinski definition) is 1. The number of halogens is 3. The van der Waals surface area contributed by atoms with Gasteiger partial charge in [0.15, 0.2) is 0 Å². The van der Waals surface area contributed by atoms with E-state index in [0.29, 0.717) is 17.6 Å². The molecule has 0 amide bonds. The molecule has 0 saturated heterocycles. The van der Waals surface area contributed by atoms with Crippen LogP contribution in [0.3, 0.4) is 0 Å². The van der Waals surface area contributed by atoms with Crippen molar-refractivity contribution in [2.24, 2.45) is 0 Å². The van der Waals surface area contributed by atoms with Crippen LogP contribution in [0.5, 0.6) is 5.75 Å². The van der Waals surface area contributed by atoms with Crippen LogP contribution in [0.4, 0.5) is 0 Å². The molecule has 1 aromatic carbocycles. The second-order valence-corrected chi connectivity index (χ2v) is 12.4. The van der Waals surface area contributed by atoms with Crippen molar-refractivity contribution in [2.75, 3.05) is 0 Å². The Bertz CT molecular complexity index is 420. The number of aromatic hydroxyl groups is 1. The lowest BCUT2D eigenvalue weighted by Gasteiger charge is -2.21. The van der Waals surface area contributed by atoms with Crippen molar-refractivity contribution in [1.29, 1.82) is 0 Å². The fourth-order valence-corrected chi connectivity index (χ4v) is 3.05. The zero-order valence-electron chi connectivity index (χ0n) is 11.1. The van der Waals surface area contributed by atoms with Crippen molar-refractivity contribution in [3.63, 3.8) is 0 Å². The molecule has 0 aliphatic heterocycles. The van der Waals surface area contributed by atoms with Crippen molar-refractivity contribution >= 4 is 47.8 Å². The van der Waals surface area contributed by atoms with E-state index in [1.54, 1.807) is 0 Å². The zero-order chi connectivity index (χ0) is 14.1. The van der Waals surface area contributed by atoms with Crippen LogP contribution in [0.25, 0.3) is 0 Å². The Morgan fingerprint density at radius 3 is 2.00 bits per heavy atom. The lowest BCUT2D eigenvalue weighted by Crippen LogP contribution is -2.09. The third kappa shape index (κ3) is 4.24. The molecule has 0 fully saturated rings. The first-order chi connectivity index (χ1) is 8.13. The van der Waals surface area contributed by atoms with Gasteiger partial charge in [-0.2, -0.15) is 0 Å². The first kappa shape index (κ1) is 16.5. The average molecular weight is 443 g/mol. The first-order valence-electron chi connectivity index (χ1n) is 6.05. The van der Waals surface area contributed by atoms with E-state index in [0.717, 1.165) is 23.1 Å². The topological polar surface area (TPSA) is 20.2 Å². The van der Waals surface area contributed by atoms with Gasteiger partial charge >= 0.3 is 0 Å². The lowest BCUT2D eigenvalue weighted by molar-refractivity contribution is 0.453. The highest BCUT2D eigenvalue weighted by atomic mass is 80.0. The summed E-state index contributed by atoms with van der Waals surface area (Å²) in [7, 11) is 0. The van der Waals surface area contributed by atoms with E-state index in [4.69, 9.17) is 0 Å². The van der Waals surface area contributed by atoms with Crippen molar-refractivity contribution in [3.8, 4) is 5.75 Å². The van der Waals surface area contributed by atoms with Crippen molar-refractivity contribution < 1.29 is 5.11 Å². The van der Waals surface area contributed by atoms with Gasteiger partial charge in [-0.15, -0.1) is 0 Å². The van der Waals surface area contributed by atoms with Crippen LogP contribution in [0.15, 0.2) is 12.1 Å². The van der Waals surface area contributed by atoms with E-state index < -0.39 is 0 Å². The Hall–Kier alpha value is 0.460. The number of benzene rings is 1. The molecule has 4 heteroatoms. The van der Waals surface area contributed by atoms with Gasteiger partial charge in [0.05, 0.1) is 0 Å². The maximum absolute atomic E-state index is 10.5. The molecule has 1 N–H and O–H groups in total. The van der Waals surface area contributed by atoms with Gasteiger partial charge in [-0.25, -0.2) is 0 Å². The largest absolute Gasteiger partial charge is 0.507 e. The van der Waals surface area contributed by atoms with Crippen molar-refractivity contribution in [2.45, 2.75) is 48.1 Å². The number of alkyl halides is 3. The normalized spacial score (nSPS) is 12.5. The second kappa shape index (κ2) is 6.27. The Kier molecular flexibility index (Phi) is 5.76. The van der Waals surface area contributed by atoms with Crippen LogP contribution >= 0.6 is 47.8 Å². The highest BCUT2D eigenvalue weighted by molar-refractivity contribution is 9.39. The fourth-order valence-electron chi connectivity index (χ4n) is 2.15. The second-order valence-electron chi connectivity index (χ2n) is 5.18. The molecule has 0 aliphatic rings. The Morgan fingerprint density at radius 1 is 1.06 bits per heavy atom. The first-order valence-corrected chi connectivity index (χ1v) is 8.42. The Labute approximate surface area is 135 Å². The molecule has 1 aromatic rings. The number of rotatable bonds is 3. The molecule has 0 heterocycles. The van der Waals surface area contributed by atoms with E-state index in [1.807, 2.05) is 6.07 Å². The smallest absolute Gasteiger partial charge is 0.139 e. The molecule has 0 aromatic heterocycles. The SMILES string of the molecule is CC(C)c1ccc(CC(Br)(Br)Br)c(C(C)C)c1O. The third-order valence-corrected chi connectivity index (χ3v) is 3.77. The van der Waals surface area contributed by atoms with Gasteiger partial charge in [0.25, 0.3) is 0 Å². The van der Waals surface area contributed by atoms with E-state index >= 15 is 0 Å². The summed E-state index contributed by atoms with van der Waals surface area (Å²) in [6.07, 6.45) is 0.756. The standard InChI is InChI=1S/C14H19Br3O/c1-8(2)11-6-5-10(7-14(15,16)17)12(9(3)4)13(11)18/h5-6,8-9,18H,7H2,1-4H3. The molecule has 1 nitrogen and oxygen atoms in total. The van der Waals surface area contributed by atoms with Crippen LogP contribution in [-0.2, 0) is 6.42 Å². The molecule has 18 heavy (non-hydrogen) atoms. The summed E-state index contributed by atoms with van der Waals surface area (Å²) < 4.78 is -0.317. The minimum Gasteiger partial charge on any atom is -0.507 e. The van der Waals surface area contributed by atoms with Gasteiger partial charge in [0.1, 0.15) is 7.89 Å². The van der Waals surface area contributed by atoms with E-state index in [1.165, 1.54) is 0 Å². The zero-order valence-corrected chi connectivity index (χ0v) is 15.9. The summed E-state index contributed by atoms with van der Waals surface area (Å²) in [5, 5.41) is 10.5. The Morgan fingerprint density at radius 2 is 1.61 bits per heavy atom. The maximum Gasteiger partial charge on any atom is 0.139 e. The van der Waals surface area contributed by atoms with E-state index in [-0.39, 0.29) is 2.14 Å². The van der Waals surface area contributed by atoms with Crippen LogP contribution in [0.2, 0.25) is 0 Å². The van der Waals surface area contributed by atoms with Crippen LogP contribution in [0, 0.1) is 0 Å². The van der Waals surface area contributed by atoms with Gasteiger partial charge in [-0.05, 0) is 23.0 Å². The highest BCUT2D eigenvalue weighted by Gasteiger charge is 2.24. The van der Waals surface area contributed by atoms with Gasteiger partial charge in [0, 0.05) is 12.0 Å². The minimum absolute atomic E-state index is 0.300. The van der Waals surface area contributed by atoms with E-state index in [9.17, 15) is 5.11 Å². The maximum atomic E-state index is 10.5. The molecule has 0 atom stereocenters. The lowest BCUT2D eigenvalue weighted by atomic mass is 9.89. The minimum atomic E-state index is -0.317. The third-order valence-electron chi connectivity index (χ3n) is 2.93. The molecular weight excluding hydrogens is 424 g/mol. The monoisotopic (exact) mass is 440 g/mol. The molecule has 0 unspecified atom stereocenters. The number of hydrogen-bond acceptors (Lipinski definition) is 1. The predicted molar refractivity (Wildman–Crippen MR) is 89.5 cm³/mol. The molecule has 102 valence electrons. The summed E-state index contributed by atoms with van der Waals surface area (Å²) in [4.78, 5) is 0. The average Bonchev–Trinajstić information content (AvgIpc) is 2.13. The summed E-state index contributed by atoms with van der Waals surface area (Å²) in [5.74, 6) is 1.08. The Balaban J connectivity index is 3.32. The number of phenols is 1. The molecule has 0 radical (unpaired) electrons. The van der Waals surface area contributed by atoms with Crippen molar-refractivity contribution in [3.05, 3.63) is 28.8 Å². The quantitative estimate of drug-likeness (QED) is 0.567. The summed E-state index contributed by atoms with van der Waals surface area (Å²) in [6, 6.07) is 4.14. The molecular formula is C14H19Br3O. The van der Waals surface area contributed by atoms with Gasteiger partial charge in [-0.1, -0.05) is 87.6 Å². The van der Waals surface area contributed by atoms with Crippen molar-refractivity contribution in [1.82, 2.24) is 0 Å². The van der Waals surface area contributed by atoms with Gasteiger partial charge < -0.3 is 5.11 Å². The highest BCUT2D eigenvalue weighted by Crippen LogP contribution is 2.42. The van der Waals surface area contributed by atoms with Crippen LogP contribution in [0.1, 0.15) is 56.2 Å². The van der Waals surface area contributed by atoms with Gasteiger partial charge in [0.2, 0.25) is 0 Å². The molecule has 0 bridgehead atoms.